The number of carbonyl (C=O) groups is 3. The summed E-state index contributed by atoms with van der Waals surface area (Å²) in [5, 5.41) is 5.50. The molecule has 0 saturated carbocycles. The van der Waals surface area contributed by atoms with Gasteiger partial charge < -0.3 is 10.6 Å². The maximum atomic E-state index is 12.5. The van der Waals surface area contributed by atoms with Crippen LogP contribution in [0.3, 0.4) is 0 Å². The zero-order valence-electron chi connectivity index (χ0n) is 15.5. The molecule has 3 rings (SSSR count). The van der Waals surface area contributed by atoms with Crippen LogP contribution in [0.1, 0.15) is 43.7 Å². The van der Waals surface area contributed by atoms with E-state index in [1.165, 1.54) is 25.3 Å². The number of nitrogens with one attached hydrogen (secondary N) is 2. The monoisotopic (exact) mass is 373 g/mol. The molecular weight excluding hydrogens is 354 g/mol. The minimum atomic E-state index is -0.397. The summed E-state index contributed by atoms with van der Waals surface area (Å²) >= 11 is 0. The predicted octanol–water partition coefficient (Wildman–Crippen LogP) is 4.10. The van der Waals surface area contributed by atoms with Crippen LogP contribution in [0.5, 0.6) is 0 Å². The molecule has 0 aliphatic carbocycles. The van der Waals surface area contributed by atoms with Crippen LogP contribution < -0.4 is 10.6 Å². The molecule has 0 radical (unpaired) electrons. The van der Waals surface area contributed by atoms with Gasteiger partial charge in [0.25, 0.3) is 11.8 Å². The summed E-state index contributed by atoms with van der Waals surface area (Å²) in [5.41, 5.74) is 3.25. The Bertz CT molecular complexity index is 1040. The van der Waals surface area contributed by atoms with Crippen molar-refractivity contribution in [1.29, 1.82) is 0 Å². The van der Waals surface area contributed by atoms with E-state index in [0.717, 1.165) is 5.56 Å². The zero-order valence-corrected chi connectivity index (χ0v) is 15.5. The lowest BCUT2D eigenvalue weighted by Crippen LogP contribution is -2.17. The van der Waals surface area contributed by atoms with Crippen LogP contribution >= 0.6 is 0 Å². The highest BCUT2D eigenvalue weighted by Crippen LogP contribution is 2.14. The van der Waals surface area contributed by atoms with Crippen LogP contribution in [0.15, 0.2) is 66.9 Å². The van der Waals surface area contributed by atoms with Crippen LogP contribution in [0.2, 0.25) is 0 Å². The van der Waals surface area contributed by atoms with Crippen molar-refractivity contribution in [3.05, 3.63) is 89.2 Å². The average Bonchev–Trinajstić information content (AvgIpc) is 2.68. The fourth-order valence-corrected chi connectivity index (χ4v) is 2.61. The molecule has 140 valence electrons. The molecule has 0 aliphatic rings. The van der Waals surface area contributed by atoms with Crippen molar-refractivity contribution in [2.24, 2.45) is 0 Å². The number of hydrogen-bond donors (Lipinski definition) is 2. The van der Waals surface area contributed by atoms with Crippen LogP contribution in [0.4, 0.5) is 11.4 Å². The van der Waals surface area contributed by atoms with Crippen molar-refractivity contribution in [3.8, 4) is 0 Å². The first-order valence-electron chi connectivity index (χ1n) is 8.69. The number of Topliss-reactive ketones (excluding diaryl/α,β-unsaturated/α-hetero) is 1. The molecule has 6 heteroatoms. The Morgan fingerprint density at radius 2 is 1.50 bits per heavy atom. The minimum Gasteiger partial charge on any atom is -0.322 e. The Hall–Kier alpha value is -3.80. The molecule has 0 atom stereocenters. The summed E-state index contributed by atoms with van der Waals surface area (Å²) < 4.78 is 0. The predicted molar refractivity (Wildman–Crippen MR) is 108 cm³/mol. The molecule has 0 unspecified atom stereocenters. The molecule has 0 fully saturated rings. The van der Waals surface area contributed by atoms with E-state index >= 15 is 0 Å². The summed E-state index contributed by atoms with van der Waals surface area (Å²) in [5.74, 6) is -0.815. The molecule has 6 nitrogen and oxygen atoms in total. The summed E-state index contributed by atoms with van der Waals surface area (Å²) in [7, 11) is 0. The van der Waals surface area contributed by atoms with Crippen LogP contribution in [-0.2, 0) is 0 Å². The third-order valence-corrected chi connectivity index (χ3v) is 4.08. The number of nitrogens with zero attached hydrogens (tertiary/aromatic N) is 1. The normalized spacial score (nSPS) is 10.2. The van der Waals surface area contributed by atoms with Crippen molar-refractivity contribution >= 4 is 29.0 Å². The second-order valence-corrected chi connectivity index (χ2v) is 6.34. The summed E-state index contributed by atoms with van der Waals surface area (Å²) in [6.07, 6.45) is 1.42. The SMILES string of the molecule is CC(=O)c1ccc(NC(=O)c2ccnc(C(=O)Nc3cccc(C)c3)c2)cc1. The fourth-order valence-electron chi connectivity index (χ4n) is 2.61. The highest BCUT2D eigenvalue weighted by molar-refractivity contribution is 6.08. The number of pyridine rings is 1. The standard InChI is InChI=1S/C22H19N3O3/c1-14-4-3-5-19(12-14)25-22(28)20-13-17(10-11-23-20)21(27)24-18-8-6-16(7-9-18)15(2)26/h3-13H,1-2H3,(H,24,27)(H,25,28). The second kappa shape index (κ2) is 8.26. The molecule has 0 saturated heterocycles. The Labute approximate surface area is 162 Å². The van der Waals surface area contributed by atoms with Gasteiger partial charge in [-0.2, -0.15) is 0 Å². The van der Waals surface area contributed by atoms with Crippen LogP contribution in [0, 0.1) is 6.92 Å². The molecule has 1 heterocycles. The zero-order chi connectivity index (χ0) is 20.1. The molecule has 2 N–H and O–H groups in total. The topological polar surface area (TPSA) is 88.2 Å². The Morgan fingerprint density at radius 1 is 0.786 bits per heavy atom. The first-order chi connectivity index (χ1) is 13.4. The van der Waals surface area contributed by atoms with E-state index < -0.39 is 5.91 Å². The number of rotatable bonds is 5. The van der Waals surface area contributed by atoms with Gasteiger partial charge in [0.15, 0.2) is 5.78 Å². The number of benzene rings is 2. The molecule has 0 aliphatic heterocycles. The van der Waals surface area contributed by atoms with Crippen molar-refractivity contribution < 1.29 is 14.4 Å². The quantitative estimate of drug-likeness (QED) is 0.659. The van der Waals surface area contributed by atoms with E-state index in [2.05, 4.69) is 15.6 Å². The number of amides is 2. The second-order valence-electron chi connectivity index (χ2n) is 6.34. The number of hydrogen-bond acceptors (Lipinski definition) is 4. The van der Waals surface area contributed by atoms with E-state index in [4.69, 9.17) is 0 Å². The number of aromatic nitrogens is 1. The summed E-state index contributed by atoms with van der Waals surface area (Å²) in [4.78, 5) is 40.3. The van der Waals surface area contributed by atoms with Gasteiger partial charge in [-0.05, 0) is 67.9 Å². The molecule has 3 aromatic rings. The van der Waals surface area contributed by atoms with E-state index in [0.29, 0.717) is 22.5 Å². The maximum Gasteiger partial charge on any atom is 0.274 e. The fraction of sp³-hybridized carbons (Fsp3) is 0.0909. The molecule has 2 aromatic carbocycles. The number of anilines is 2. The van der Waals surface area contributed by atoms with Gasteiger partial charge in [-0.3, -0.25) is 19.4 Å². The summed E-state index contributed by atoms with van der Waals surface area (Å²) in [6.45, 7) is 3.41. The Morgan fingerprint density at radius 3 is 2.18 bits per heavy atom. The summed E-state index contributed by atoms with van der Waals surface area (Å²) in [6, 6.07) is 17.0. The average molecular weight is 373 g/mol. The van der Waals surface area contributed by atoms with Gasteiger partial charge in [-0.1, -0.05) is 12.1 Å². The van der Waals surface area contributed by atoms with Crippen molar-refractivity contribution in [1.82, 2.24) is 4.98 Å². The molecule has 28 heavy (non-hydrogen) atoms. The van der Waals surface area contributed by atoms with E-state index in [1.54, 1.807) is 30.3 Å². The lowest BCUT2D eigenvalue weighted by molar-refractivity contribution is 0.100. The molecular formula is C22H19N3O3. The molecule has 1 aromatic heterocycles. The van der Waals surface area contributed by atoms with Gasteiger partial charge in [0.05, 0.1) is 0 Å². The van der Waals surface area contributed by atoms with Gasteiger partial charge in [0.2, 0.25) is 0 Å². The van der Waals surface area contributed by atoms with Crippen molar-refractivity contribution in [2.75, 3.05) is 10.6 Å². The largest absolute Gasteiger partial charge is 0.322 e. The number of carbonyl (C=O) groups excluding carboxylic acids is 3. The Balaban J connectivity index is 1.72. The maximum absolute atomic E-state index is 12.5. The van der Waals surface area contributed by atoms with Crippen LogP contribution in [-0.4, -0.2) is 22.6 Å². The number of ketones is 1. The highest BCUT2D eigenvalue weighted by atomic mass is 16.2. The third kappa shape index (κ3) is 4.67. The minimum absolute atomic E-state index is 0.0451. The molecule has 0 bridgehead atoms. The van der Waals surface area contributed by atoms with Gasteiger partial charge in [0, 0.05) is 28.7 Å². The first-order valence-corrected chi connectivity index (χ1v) is 8.69. The van der Waals surface area contributed by atoms with Crippen molar-refractivity contribution in [2.45, 2.75) is 13.8 Å². The Kier molecular flexibility index (Phi) is 5.60. The number of aryl methyl sites for hydroxylation is 1. The first kappa shape index (κ1) is 19.0. The van der Waals surface area contributed by atoms with Gasteiger partial charge >= 0.3 is 0 Å². The van der Waals surface area contributed by atoms with Gasteiger partial charge in [-0.15, -0.1) is 0 Å². The van der Waals surface area contributed by atoms with E-state index in [-0.39, 0.29) is 17.4 Å². The third-order valence-electron chi connectivity index (χ3n) is 4.08. The van der Waals surface area contributed by atoms with E-state index in [9.17, 15) is 14.4 Å². The lowest BCUT2D eigenvalue weighted by Gasteiger charge is -2.08. The van der Waals surface area contributed by atoms with Crippen LogP contribution in [0.25, 0.3) is 0 Å². The van der Waals surface area contributed by atoms with Gasteiger partial charge in [-0.25, -0.2) is 0 Å². The lowest BCUT2D eigenvalue weighted by atomic mass is 10.1. The smallest absolute Gasteiger partial charge is 0.274 e. The van der Waals surface area contributed by atoms with Gasteiger partial charge in [0.1, 0.15) is 5.69 Å². The highest BCUT2D eigenvalue weighted by Gasteiger charge is 2.13. The van der Waals surface area contributed by atoms with Crippen molar-refractivity contribution in [3.63, 3.8) is 0 Å². The van der Waals surface area contributed by atoms with E-state index in [1.807, 2.05) is 25.1 Å². The molecule has 0 spiro atoms. The molecule has 2 amide bonds.